The van der Waals surface area contributed by atoms with Crippen LogP contribution in [-0.2, 0) is 6.42 Å². The van der Waals surface area contributed by atoms with Gasteiger partial charge < -0.3 is 5.73 Å². The maximum Gasteiger partial charge on any atom is 0.151 e. The molecule has 0 spiro atoms. The number of carbonyl (C=O) groups is 1. The first-order chi connectivity index (χ1) is 6.77. The van der Waals surface area contributed by atoms with Crippen LogP contribution in [-0.4, -0.2) is 6.29 Å². The molecule has 0 saturated heterocycles. The number of anilines is 1. The van der Waals surface area contributed by atoms with Crippen molar-refractivity contribution in [3.8, 4) is 0 Å². The molecule has 0 fully saturated rings. The Labute approximate surface area is 86.3 Å². The van der Waals surface area contributed by atoms with Gasteiger partial charge in [-0.1, -0.05) is 13.0 Å². The second-order valence-corrected chi connectivity index (χ2v) is 4.06. The lowest BCUT2D eigenvalue weighted by Crippen LogP contribution is -1.89. The first-order valence-corrected chi connectivity index (χ1v) is 5.39. The smallest absolute Gasteiger partial charge is 0.151 e. The zero-order valence-corrected chi connectivity index (χ0v) is 8.73. The summed E-state index contributed by atoms with van der Waals surface area (Å²) in [5.41, 5.74) is 8.55. The van der Waals surface area contributed by atoms with E-state index in [9.17, 15) is 4.79 Å². The summed E-state index contributed by atoms with van der Waals surface area (Å²) < 4.78 is 1.03. The van der Waals surface area contributed by atoms with Crippen LogP contribution in [0.3, 0.4) is 0 Å². The van der Waals surface area contributed by atoms with Crippen molar-refractivity contribution in [2.75, 3.05) is 5.73 Å². The molecule has 0 amide bonds. The van der Waals surface area contributed by atoms with Gasteiger partial charge in [0.25, 0.3) is 0 Å². The van der Waals surface area contributed by atoms with Crippen molar-refractivity contribution in [1.29, 1.82) is 0 Å². The minimum Gasteiger partial charge on any atom is -0.398 e. The molecule has 3 heteroatoms. The topological polar surface area (TPSA) is 43.1 Å². The van der Waals surface area contributed by atoms with Crippen molar-refractivity contribution in [2.24, 2.45) is 0 Å². The number of carbonyl (C=O) groups excluding carboxylic acids is 1. The summed E-state index contributed by atoms with van der Waals surface area (Å²) in [5.74, 6) is 0. The largest absolute Gasteiger partial charge is 0.398 e. The van der Waals surface area contributed by atoms with Gasteiger partial charge in [-0.2, -0.15) is 0 Å². The van der Waals surface area contributed by atoms with Crippen molar-refractivity contribution < 1.29 is 4.79 Å². The second kappa shape index (κ2) is 3.42. The lowest BCUT2D eigenvalue weighted by molar-refractivity contribution is 0.112. The molecule has 0 aliphatic carbocycles. The van der Waals surface area contributed by atoms with Gasteiger partial charge in [0.2, 0.25) is 0 Å². The van der Waals surface area contributed by atoms with E-state index in [2.05, 4.69) is 6.92 Å². The van der Waals surface area contributed by atoms with E-state index in [1.165, 1.54) is 16.9 Å². The van der Waals surface area contributed by atoms with Crippen LogP contribution in [0.1, 0.15) is 22.8 Å². The summed E-state index contributed by atoms with van der Waals surface area (Å²) >= 11 is 1.54. The lowest BCUT2D eigenvalue weighted by atomic mass is 10.0. The molecule has 14 heavy (non-hydrogen) atoms. The average Bonchev–Trinajstić information content (AvgIpc) is 2.63. The van der Waals surface area contributed by atoms with Gasteiger partial charge in [-0.05, 0) is 18.1 Å². The van der Waals surface area contributed by atoms with Gasteiger partial charge in [0.05, 0.1) is 4.70 Å². The van der Waals surface area contributed by atoms with Gasteiger partial charge in [-0.15, -0.1) is 11.3 Å². The Hall–Kier alpha value is -1.35. The van der Waals surface area contributed by atoms with Crippen LogP contribution in [0.25, 0.3) is 10.1 Å². The van der Waals surface area contributed by atoms with Crippen LogP contribution in [0.4, 0.5) is 5.69 Å². The number of thiophene rings is 1. The van der Waals surface area contributed by atoms with Crippen LogP contribution < -0.4 is 5.73 Å². The minimum absolute atomic E-state index is 0.758. The quantitative estimate of drug-likeness (QED) is 0.605. The lowest BCUT2D eigenvalue weighted by Gasteiger charge is -2.02. The monoisotopic (exact) mass is 205 g/mol. The summed E-state index contributed by atoms with van der Waals surface area (Å²) in [4.78, 5) is 10.8. The number of fused-ring (bicyclic) bond motifs is 1. The maximum atomic E-state index is 10.8. The normalized spacial score (nSPS) is 10.6. The molecule has 0 aliphatic rings. The van der Waals surface area contributed by atoms with Gasteiger partial charge >= 0.3 is 0 Å². The Morgan fingerprint density at radius 1 is 1.50 bits per heavy atom. The molecule has 0 bridgehead atoms. The SMILES string of the molecule is CCc1ccc(N)c2scc(C=O)c12. The molecule has 72 valence electrons. The first kappa shape index (κ1) is 9.21. The van der Waals surface area contributed by atoms with E-state index in [-0.39, 0.29) is 0 Å². The molecule has 0 unspecified atom stereocenters. The molecule has 1 aromatic heterocycles. The van der Waals surface area contributed by atoms with Crippen molar-refractivity contribution >= 4 is 33.4 Å². The predicted molar refractivity (Wildman–Crippen MR) is 61.0 cm³/mol. The van der Waals surface area contributed by atoms with Gasteiger partial charge in [0.1, 0.15) is 0 Å². The van der Waals surface area contributed by atoms with Crippen LogP contribution in [0.15, 0.2) is 17.5 Å². The molecule has 0 atom stereocenters. The number of aryl methyl sites for hydroxylation is 1. The zero-order chi connectivity index (χ0) is 10.1. The molecule has 2 nitrogen and oxygen atoms in total. The second-order valence-electron chi connectivity index (χ2n) is 3.18. The fourth-order valence-corrected chi connectivity index (χ4v) is 2.63. The summed E-state index contributed by atoms with van der Waals surface area (Å²) in [5, 5.41) is 2.90. The zero-order valence-electron chi connectivity index (χ0n) is 7.91. The van der Waals surface area contributed by atoms with Gasteiger partial charge in [-0.25, -0.2) is 0 Å². The molecular weight excluding hydrogens is 194 g/mol. The fourth-order valence-electron chi connectivity index (χ4n) is 1.65. The predicted octanol–water partition coefficient (Wildman–Crippen LogP) is 2.86. The molecule has 0 radical (unpaired) electrons. The molecule has 1 heterocycles. The highest BCUT2D eigenvalue weighted by Crippen LogP contribution is 2.32. The van der Waals surface area contributed by atoms with Crippen LogP contribution >= 0.6 is 11.3 Å². The maximum absolute atomic E-state index is 10.8. The average molecular weight is 205 g/mol. The Bertz CT molecular complexity index is 487. The summed E-state index contributed by atoms with van der Waals surface area (Å²) in [6.45, 7) is 2.08. The minimum atomic E-state index is 0.758. The van der Waals surface area contributed by atoms with E-state index in [0.29, 0.717) is 0 Å². The molecular formula is C11H11NOS. The number of rotatable bonds is 2. The summed E-state index contributed by atoms with van der Waals surface area (Å²) in [6, 6.07) is 3.91. The fraction of sp³-hybridized carbons (Fsp3) is 0.182. The Kier molecular flexibility index (Phi) is 2.25. The first-order valence-electron chi connectivity index (χ1n) is 4.51. The van der Waals surface area contributed by atoms with E-state index in [1.807, 2.05) is 17.5 Å². The standard InChI is InChI=1S/C11H11NOS/c1-2-7-3-4-9(12)11-10(7)8(5-13)6-14-11/h3-6H,2,12H2,1H3. The molecule has 2 aromatic rings. The van der Waals surface area contributed by atoms with Crippen molar-refractivity contribution in [3.63, 3.8) is 0 Å². The highest BCUT2D eigenvalue weighted by atomic mass is 32.1. The van der Waals surface area contributed by atoms with Gasteiger partial charge in [0.15, 0.2) is 6.29 Å². The van der Waals surface area contributed by atoms with Crippen LogP contribution in [0.5, 0.6) is 0 Å². The number of nitrogens with two attached hydrogens (primary N) is 1. The third kappa shape index (κ3) is 1.21. The van der Waals surface area contributed by atoms with Crippen LogP contribution in [0.2, 0.25) is 0 Å². The van der Waals surface area contributed by atoms with Crippen molar-refractivity contribution in [3.05, 3.63) is 28.6 Å². The van der Waals surface area contributed by atoms with E-state index in [1.54, 1.807) is 0 Å². The molecule has 1 aromatic carbocycles. The number of nitrogen functional groups attached to an aromatic ring is 1. The number of hydrogen-bond donors (Lipinski definition) is 1. The van der Waals surface area contributed by atoms with Crippen LogP contribution in [0, 0.1) is 0 Å². The highest BCUT2D eigenvalue weighted by molar-refractivity contribution is 7.18. The highest BCUT2D eigenvalue weighted by Gasteiger charge is 2.09. The molecule has 0 saturated carbocycles. The Morgan fingerprint density at radius 2 is 2.29 bits per heavy atom. The molecule has 2 rings (SSSR count). The van der Waals surface area contributed by atoms with Gasteiger partial charge in [0, 0.05) is 22.0 Å². The van der Waals surface area contributed by atoms with Crippen molar-refractivity contribution in [1.82, 2.24) is 0 Å². The molecule has 2 N–H and O–H groups in total. The van der Waals surface area contributed by atoms with Crippen molar-refractivity contribution in [2.45, 2.75) is 13.3 Å². The Balaban J connectivity index is 2.88. The van der Waals surface area contributed by atoms with E-state index >= 15 is 0 Å². The number of hydrogen-bond acceptors (Lipinski definition) is 3. The summed E-state index contributed by atoms with van der Waals surface area (Å²) in [6.07, 6.45) is 1.83. The Morgan fingerprint density at radius 3 is 2.93 bits per heavy atom. The van der Waals surface area contributed by atoms with E-state index in [0.717, 1.165) is 34.0 Å². The molecule has 0 aliphatic heterocycles. The van der Waals surface area contributed by atoms with E-state index in [4.69, 9.17) is 5.73 Å². The van der Waals surface area contributed by atoms with E-state index < -0.39 is 0 Å². The third-order valence-corrected chi connectivity index (χ3v) is 3.42. The summed E-state index contributed by atoms with van der Waals surface area (Å²) in [7, 11) is 0. The number of benzene rings is 1. The third-order valence-electron chi connectivity index (χ3n) is 2.37. The number of aldehydes is 1. The van der Waals surface area contributed by atoms with Gasteiger partial charge in [-0.3, -0.25) is 4.79 Å².